The van der Waals surface area contributed by atoms with E-state index in [0.29, 0.717) is 19.3 Å². The Balaban J connectivity index is 1.93. The van der Waals surface area contributed by atoms with Crippen LogP contribution >= 0.6 is 0 Å². The molecule has 2 N–H and O–H groups in total. The summed E-state index contributed by atoms with van der Waals surface area (Å²) in [5.74, 6) is -0.823. The number of hydrogen-bond acceptors (Lipinski definition) is 8. The number of aliphatic hydroxyl groups excluding tert-OH is 1. The SMILES string of the molecule is CCCCOC(=O)NC(Cc1ccc(-c2ccccc2)cc1)C[C@@H](O)C(=O)OCCCCO[N+](=O)[O-]. The first-order chi connectivity index (χ1) is 17.4. The summed E-state index contributed by atoms with van der Waals surface area (Å²) < 4.78 is 10.2. The molecule has 1 unspecified atom stereocenters. The first-order valence-corrected chi connectivity index (χ1v) is 12.1. The van der Waals surface area contributed by atoms with E-state index in [2.05, 4.69) is 10.2 Å². The molecule has 0 bridgehead atoms. The van der Waals surface area contributed by atoms with Crippen LogP contribution in [0.1, 0.15) is 44.6 Å². The van der Waals surface area contributed by atoms with E-state index in [-0.39, 0.29) is 26.2 Å². The molecular weight excluding hydrogens is 468 g/mol. The molecule has 0 saturated carbocycles. The predicted octanol–water partition coefficient (Wildman–Crippen LogP) is 4.07. The highest BCUT2D eigenvalue weighted by molar-refractivity contribution is 5.74. The molecule has 10 nitrogen and oxygen atoms in total. The number of esters is 1. The van der Waals surface area contributed by atoms with Crippen molar-refractivity contribution >= 4 is 12.1 Å². The van der Waals surface area contributed by atoms with Gasteiger partial charge in [-0.2, -0.15) is 0 Å². The van der Waals surface area contributed by atoms with Crippen molar-refractivity contribution in [1.29, 1.82) is 0 Å². The van der Waals surface area contributed by atoms with Crippen molar-refractivity contribution in [3.8, 4) is 11.1 Å². The average Bonchev–Trinajstić information content (AvgIpc) is 2.87. The van der Waals surface area contributed by atoms with Gasteiger partial charge in [0.05, 0.1) is 19.8 Å². The zero-order valence-corrected chi connectivity index (χ0v) is 20.5. The molecule has 0 radical (unpaired) electrons. The lowest BCUT2D eigenvalue weighted by atomic mass is 9.98. The molecular formula is C26H34N2O8. The Hall–Kier alpha value is -3.66. The van der Waals surface area contributed by atoms with Crippen molar-refractivity contribution in [3.05, 3.63) is 70.3 Å². The summed E-state index contributed by atoms with van der Waals surface area (Å²) in [6, 6.07) is 17.2. The number of aliphatic hydroxyl groups is 1. The summed E-state index contributed by atoms with van der Waals surface area (Å²) in [7, 11) is 0. The first-order valence-electron chi connectivity index (χ1n) is 12.1. The molecule has 1 amide bonds. The van der Waals surface area contributed by atoms with E-state index in [1.54, 1.807) is 0 Å². The second-order valence-electron chi connectivity index (χ2n) is 8.28. The van der Waals surface area contributed by atoms with Gasteiger partial charge in [-0.3, -0.25) is 0 Å². The third-order valence-corrected chi connectivity index (χ3v) is 5.36. The molecule has 0 spiro atoms. The molecule has 0 aliphatic carbocycles. The zero-order chi connectivity index (χ0) is 26.2. The van der Waals surface area contributed by atoms with E-state index in [0.717, 1.165) is 29.5 Å². The predicted molar refractivity (Wildman–Crippen MR) is 133 cm³/mol. The molecule has 196 valence electrons. The molecule has 0 heterocycles. The van der Waals surface area contributed by atoms with Gasteiger partial charge in [0.25, 0.3) is 5.09 Å². The summed E-state index contributed by atoms with van der Waals surface area (Å²) in [6.45, 7) is 2.17. The van der Waals surface area contributed by atoms with Gasteiger partial charge in [-0.25, -0.2) is 9.59 Å². The Labute approximate surface area is 210 Å². The van der Waals surface area contributed by atoms with Crippen LogP contribution in [0.4, 0.5) is 4.79 Å². The first kappa shape index (κ1) is 28.6. The van der Waals surface area contributed by atoms with Gasteiger partial charge < -0.3 is 24.7 Å². The van der Waals surface area contributed by atoms with Crippen LogP contribution in [-0.2, 0) is 25.5 Å². The fourth-order valence-electron chi connectivity index (χ4n) is 3.44. The number of alkyl carbamates (subject to hydrolysis) is 1. The Morgan fingerprint density at radius 1 is 0.944 bits per heavy atom. The van der Waals surface area contributed by atoms with Crippen LogP contribution in [0.15, 0.2) is 54.6 Å². The monoisotopic (exact) mass is 502 g/mol. The summed E-state index contributed by atoms with van der Waals surface area (Å²) in [5, 5.41) is 22.4. The molecule has 36 heavy (non-hydrogen) atoms. The minimum absolute atomic E-state index is 0.00489. The number of rotatable bonds is 16. The van der Waals surface area contributed by atoms with E-state index in [4.69, 9.17) is 9.47 Å². The Bertz CT molecular complexity index is 937. The van der Waals surface area contributed by atoms with Crippen molar-refractivity contribution in [3.63, 3.8) is 0 Å². The van der Waals surface area contributed by atoms with Crippen molar-refractivity contribution in [2.45, 2.75) is 57.6 Å². The van der Waals surface area contributed by atoms with Crippen molar-refractivity contribution in [2.24, 2.45) is 0 Å². The molecule has 2 aromatic carbocycles. The maximum atomic E-state index is 12.2. The van der Waals surface area contributed by atoms with Gasteiger partial charge in [-0.15, -0.1) is 10.1 Å². The molecule has 2 atom stereocenters. The minimum Gasteiger partial charge on any atom is -0.464 e. The van der Waals surface area contributed by atoms with Gasteiger partial charge in [0.2, 0.25) is 0 Å². The molecule has 0 aliphatic rings. The van der Waals surface area contributed by atoms with Gasteiger partial charge in [0, 0.05) is 12.5 Å². The normalized spacial score (nSPS) is 12.3. The van der Waals surface area contributed by atoms with Crippen LogP contribution in [0.5, 0.6) is 0 Å². The standard InChI is InChI=1S/C26H34N2O8/c1-2-3-15-35-26(31)27-23(19-24(29)25(30)34-16-7-8-17-36-28(32)33)18-20-11-13-22(14-12-20)21-9-5-4-6-10-21/h4-6,9-14,23-24,29H,2-3,7-8,15-19H2,1H3,(H,27,31)/t23?,24-/m1/s1. The third kappa shape index (κ3) is 11.2. The highest BCUT2D eigenvalue weighted by Crippen LogP contribution is 2.20. The molecule has 0 aliphatic heterocycles. The lowest BCUT2D eigenvalue weighted by Crippen LogP contribution is -2.41. The minimum atomic E-state index is -1.45. The molecule has 2 aromatic rings. The van der Waals surface area contributed by atoms with E-state index >= 15 is 0 Å². The molecule has 0 saturated heterocycles. The molecule has 0 fully saturated rings. The zero-order valence-electron chi connectivity index (χ0n) is 20.5. The number of carbonyl (C=O) groups is 2. The lowest BCUT2D eigenvalue weighted by molar-refractivity contribution is -0.757. The number of hydrogen-bond donors (Lipinski definition) is 2. The second kappa shape index (κ2) is 16.1. The summed E-state index contributed by atoms with van der Waals surface area (Å²) in [5.41, 5.74) is 3.05. The topological polar surface area (TPSA) is 137 Å². The quantitative estimate of drug-likeness (QED) is 0.152. The van der Waals surface area contributed by atoms with E-state index < -0.39 is 29.3 Å². The largest absolute Gasteiger partial charge is 0.464 e. The number of ether oxygens (including phenoxy) is 2. The molecule has 2 rings (SSSR count). The summed E-state index contributed by atoms with van der Waals surface area (Å²) in [6.07, 6.45) is 0.550. The van der Waals surface area contributed by atoms with Crippen LogP contribution in [0.2, 0.25) is 0 Å². The van der Waals surface area contributed by atoms with Gasteiger partial charge in [-0.1, -0.05) is 67.9 Å². The average molecular weight is 503 g/mol. The maximum absolute atomic E-state index is 12.2. The van der Waals surface area contributed by atoms with Gasteiger partial charge in [0.15, 0.2) is 6.10 Å². The van der Waals surface area contributed by atoms with Crippen LogP contribution < -0.4 is 5.32 Å². The highest BCUT2D eigenvalue weighted by Gasteiger charge is 2.24. The number of benzene rings is 2. The number of amides is 1. The van der Waals surface area contributed by atoms with E-state index in [1.807, 2.05) is 61.5 Å². The van der Waals surface area contributed by atoms with Gasteiger partial charge in [0.1, 0.15) is 0 Å². The lowest BCUT2D eigenvalue weighted by Gasteiger charge is -2.21. The molecule has 0 aromatic heterocycles. The second-order valence-corrected chi connectivity index (χ2v) is 8.28. The Morgan fingerprint density at radius 3 is 2.25 bits per heavy atom. The number of carbonyl (C=O) groups excluding carboxylic acids is 2. The fourth-order valence-corrected chi connectivity index (χ4v) is 3.44. The van der Waals surface area contributed by atoms with Crippen molar-refractivity contribution in [1.82, 2.24) is 5.32 Å². The van der Waals surface area contributed by atoms with Crippen molar-refractivity contribution < 1.29 is 34.1 Å². The van der Waals surface area contributed by atoms with Crippen LogP contribution in [-0.4, -0.2) is 54.2 Å². The molecule has 10 heteroatoms. The summed E-state index contributed by atoms with van der Waals surface area (Å²) >= 11 is 0. The fraction of sp³-hybridized carbons (Fsp3) is 0.462. The number of nitrogens with zero attached hydrogens (tertiary/aromatic N) is 1. The number of nitrogens with one attached hydrogen (secondary N) is 1. The van der Waals surface area contributed by atoms with Crippen LogP contribution in [0, 0.1) is 10.1 Å². The number of unbranched alkanes of at least 4 members (excludes halogenated alkanes) is 2. The van der Waals surface area contributed by atoms with Gasteiger partial charge >= 0.3 is 12.1 Å². The Morgan fingerprint density at radius 2 is 1.58 bits per heavy atom. The van der Waals surface area contributed by atoms with E-state index in [1.165, 1.54) is 0 Å². The summed E-state index contributed by atoms with van der Waals surface area (Å²) in [4.78, 5) is 38.8. The maximum Gasteiger partial charge on any atom is 0.407 e. The smallest absolute Gasteiger partial charge is 0.407 e. The Kier molecular flexibility index (Phi) is 12.8. The van der Waals surface area contributed by atoms with Gasteiger partial charge in [-0.05, 0) is 42.4 Å². The van der Waals surface area contributed by atoms with Crippen LogP contribution in [0.3, 0.4) is 0 Å². The van der Waals surface area contributed by atoms with Crippen molar-refractivity contribution in [2.75, 3.05) is 19.8 Å². The highest BCUT2D eigenvalue weighted by atomic mass is 16.9. The third-order valence-electron chi connectivity index (χ3n) is 5.36. The van der Waals surface area contributed by atoms with Crippen LogP contribution in [0.25, 0.3) is 11.1 Å². The van der Waals surface area contributed by atoms with E-state index in [9.17, 15) is 24.8 Å².